The number of aromatic hydroxyl groups is 1. The fourth-order valence-corrected chi connectivity index (χ4v) is 4.98. The third kappa shape index (κ3) is 3.59. The van der Waals surface area contributed by atoms with Crippen LogP contribution >= 0.6 is 0 Å². The molecule has 154 valence electrons. The zero-order valence-electron chi connectivity index (χ0n) is 17.2. The highest BCUT2D eigenvalue weighted by Crippen LogP contribution is 2.42. The maximum Gasteiger partial charge on any atom is 0.174 e. The summed E-state index contributed by atoms with van der Waals surface area (Å²) in [6.45, 7) is 4.62. The van der Waals surface area contributed by atoms with Crippen molar-refractivity contribution in [2.75, 3.05) is 0 Å². The van der Waals surface area contributed by atoms with Crippen LogP contribution in [0.4, 0.5) is 0 Å². The molecule has 8 heteroatoms. The van der Waals surface area contributed by atoms with E-state index in [1.807, 2.05) is 0 Å². The van der Waals surface area contributed by atoms with Gasteiger partial charge in [0.2, 0.25) is 0 Å². The van der Waals surface area contributed by atoms with Gasteiger partial charge in [0.15, 0.2) is 5.82 Å². The minimum absolute atomic E-state index is 0.0722. The van der Waals surface area contributed by atoms with Crippen LogP contribution in [0.3, 0.4) is 0 Å². The van der Waals surface area contributed by atoms with Crippen molar-refractivity contribution in [1.29, 1.82) is 0 Å². The van der Waals surface area contributed by atoms with E-state index in [1.165, 1.54) is 24.8 Å². The highest BCUT2D eigenvalue weighted by atomic mass is 16.3. The molecule has 2 aliphatic rings. The van der Waals surface area contributed by atoms with Crippen molar-refractivity contribution < 1.29 is 5.11 Å². The number of nitrogens with zero attached hydrogens (tertiary/aromatic N) is 6. The van der Waals surface area contributed by atoms with E-state index in [9.17, 15) is 5.11 Å². The monoisotopic (exact) mass is 403 g/mol. The van der Waals surface area contributed by atoms with Crippen LogP contribution in [0.25, 0.3) is 23.2 Å². The minimum atomic E-state index is 0.0722. The van der Waals surface area contributed by atoms with Gasteiger partial charge in [0.05, 0.1) is 11.8 Å². The van der Waals surface area contributed by atoms with Crippen molar-refractivity contribution in [3.05, 3.63) is 48.6 Å². The Bertz CT molecular complexity index is 1070. The van der Waals surface area contributed by atoms with E-state index in [2.05, 4.69) is 50.4 Å². The lowest BCUT2D eigenvalue weighted by atomic mass is 9.69. The van der Waals surface area contributed by atoms with Gasteiger partial charge < -0.3 is 10.4 Å². The summed E-state index contributed by atoms with van der Waals surface area (Å²) >= 11 is 0. The van der Waals surface area contributed by atoms with Crippen molar-refractivity contribution >= 4 is 6.08 Å². The molecule has 2 saturated heterocycles. The highest BCUT2D eigenvalue weighted by molar-refractivity contribution is 5.66. The number of piperidine rings is 2. The first-order valence-electron chi connectivity index (χ1n) is 10.3. The van der Waals surface area contributed by atoms with Crippen molar-refractivity contribution in [2.45, 2.75) is 57.0 Å². The van der Waals surface area contributed by atoms with E-state index in [-0.39, 0.29) is 16.8 Å². The molecule has 0 radical (unpaired) electrons. The van der Waals surface area contributed by atoms with Gasteiger partial charge >= 0.3 is 0 Å². The standard InChI is InChI=1S/C22H25N7O/c1-21-4-3-5-22(2,28-21)11-15(10-21)8-19-24-13-17(26-27-19)16-12-25-20(9-18(16)30)29-7-6-23-14-29/h6-9,12-14,28H,3-5,10-11H2,1-2H3,(H,25,30)/b15-8-/t21-,22+/m1/s1. The Morgan fingerprint density at radius 1 is 1.10 bits per heavy atom. The van der Waals surface area contributed by atoms with Crippen LogP contribution in [0.15, 0.2) is 42.8 Å². The number of nitrogens with one attached hydrogen (secondary N) is 1. The molecular formula is C22H25N7O. The van der Waals surface area contributed by atoms with Crippen LogP contribution in [0.2, 0.25) is 0 Å². The topological polar surface area (TPSA) is 102 Å². The number of imidazole rings is 1. The van der Waals surface area contributed by atoms with Crippen LogP contribution in [0, 0.1) is 0 Å². The first-order valence-corrected chi connectivity index (χ1v) is 10.3. The van der Waals surface area contributed by atoms with E-state index < -0.39 is 0 Å². The van der Waals surface area contributed by atoms with Gasteiger partial charge in [-0.3, -0.25) is 4.57 Å². The summed E-state index contributed by atoms with van der Waals surface area (Å²) < 4.78 is 1.72. The van der Waals surface area contributed by atoms with Crippen LogP contribution in [-0.2, 0) is 0 Å². The molecule has 30 heavy (non-hydrogen) atoms. The van der Waals surface area contributed by atoms with Gasteiger partial charge in [0.25, 0.3) is 0 Å². The predicted molar refractivity (Wildman–Crippen MR) is 113 cm³/mol. The maximum absolute atomic E-state index is 10.4. The SMILES string of the molecule is C[C@]12CCC[C@](C)(C/C(=C/c3ncc(-c4cnc(-n5ccnc5)cc4O)nn3)C1)N2. The van der Waals surface area contributed by atoms with Gasteiger partial charge in [-0.15, -0.1) is 10.2 Å². The van der Waals surface area contributed by atoms with Crippen molar-refractivity contribution in [1.82, 2.24) is 35.0 Å². The molecule has 3 aromatic heterocycles. The number of rotatable bonds is 3. The lowest BCUT2D eigenvalue weighted by Gasteiger charge is -2.51. The van der Waals surface area contributed by atoms with E-state index in [4.69, 9.17) is 0 Å². The predicted octanol–water partition coefficient (Wildman–Crippen LogP) is 3.29. The molecule has 0 spiro atoms. The molecule has 8 nitrogen and oxygen atoms in total. The van der Waals surface area contributed by atoms with Gasteiger partial charge in [0, 0.05) is 35.7 Å². The molecule has 5 heterocycles. The average Bonchev–Trinajstić information content (AvgIpc) is 3.22. The maximum atomic E-state index is 10.4. The van der Waals surface area contributed by atoms with Gasteiger partial charge in [-0.25, -0.2) is 15.0 Å². The second-order valence-corrected chi connectivity index (χ2v) is 8.99. The molecule has 3 aromatic rings. The summed E-state index contributed by atoms with van der Waals surface area (Å²) in [6.07, 6.45) is 16.0. The Kier molecular flexibility index (Phi) is 4.39. The Morgan fingerprint density at radius 3 is 2.53 bits per heavy atom. The average molecular weight is 403 g/mol. The number of fused-ring (bicyclic) bond motifs is 2. The summed E-state index contributed by atoms with van der Waals surface area (Å²) in [7, 11) is 0. The van der Waals surface area contributed by atoms with Gasteiger partial charge in [-0.2, -0.15) is 0 Å². The molecule has 5 rings (SSSR count). The third-order valence-corrected chi connectivity index (χ3v) is 6.12. The zero-order chi connectivity index (χ0) is 20.8. The van der Waals surface area contributed by atoms with E-state index in [0.29, 0.717) is 22.9 Å². The molecule has 2 bridgehead atoms. The number of hydrogen-bond donors (Lipinski definition) is 2. The number of pyridine rings is 1. The first-order chi connectivity index (χ1) is 14.4. The second kappa shape index (κ2) is 6.98. The lowest BCUT2D eigenvalue weighted by Crippen LogP contribution is -2.61. The summed E-state index contributed by atoms with van der Waals surface area (Å²) in [5, 5.41) is 22.8. The lowest BCUT2D eigenvalue weighted by molar-refractivity contribution is 0.123. The fraction of sp³-hybridized carbons (Fsp3) is 0.409. The van der Waals surface area contributed by atoms with Crippen molar-refractivity contribution in [3.8, 4) is 22.8 Å². The summed E-state index contributed by atoms with van der Waals surface area (Å²) in [4.78, 5) is 12.8. The van der Waals surface area contributed by atoms with Crippen LogP contribution in [0.1, 0.15) is 51.8 Å². The number of hydrogen-bond acceptors (Lipinski definition) is 7. The van der Waals surface area contributed by atoms with Gasteiger partial charge in [-0.1, -0.05) is 5.57 Å². The van der Waals surface area contributed by atoms with Crippen LogP contribution in [-0.4, -0.2) is 45.9 Å². The van der Waals surface area contributed by atoms with E-state index in [0.717, 1.165) is 12.8 Å². The summed E-state index contributed by atoms with van der Waals surface area (Å²) in [6, 6.07) is 1.57. The van der Waals surface area contributed by atoms with Gasteiger partial charge in [0.1, 0.15) is 23.6 Å². The largest absolute Gasteiger partial charge is 0.507 e. The van der Waals surface area contributed by atoms with Gasteiger partial charge in [-0.05, 0) is 52.0 Å². The molecule has 0 saturated carbocycles. The quantitative estimate of drug-likeness (QED) is 0.692. The second-order valence-electron chi connectivity index (χ2n) is 8.99. The Balaban J connectivity index is 1.38. The van der Waals surface area contributed by atoms with E-state index in [1.54, 1.807) is 41.7 Å². The minimum Gasteiger partial charge on any atom is -0.507 e. The molecule has 2 aliphatic heterocycles. The molecule has 0 unspecified atom stereocenters. The van der Waals surface area contributed by atoms with Crippen molar-refractivity contribution in [3.63, 3.8) is 0 Å². The molecule has 2 fully saturated rings. The normalized spacial score (nSPS) is 27.3. The Morgan fingerprint density at radius 2 is 1.90 bits per heavy atom. The molecule has 0 amide bonds. The first kappa shape index (κ1) is 18.9. The smallest absolute Gasteiger partial charge is 0.174 e. The molecule has 2 N–H and O–H groups in total. The highest BCUT2D eigenvalue weighted by Gasteiger charge is 2.43. The Labute approximate surface area is 175 Å². The molecule has 0 aromatic carbocycles. The molecule has 2 atom stereocenters. The Hall–Kier alpha value is -3.13. The fourth-order valence-electron chi connectivity index (χ4n) is 4.98. The third-order valence-electron chi connectivity index (χ3n) is 6.12. The van der Waals surface area contributed by atoms with E-state index >= 15 is 0 Å². The number of aromatic nitrogens is 6. The van der Waals surface area contributed by atoms with Crippen LogP contribution in [0.5, 0.6) is 5.75 Å². The zero-order valence-corrected chi connectivity index (χ0v) is 17.2. The summed E-state index contributed by atoms with van der Waals surface area (Å²) in [5.74, 6) is 1.25. The molecular weight excluding hydrogens is 378 g/mol. The molecule has 0 aliphatic carbocycles. The summed E-state index contributed by atoms with van der Waals surface area (Å²) in [5.41, 5.74) is 2.65. The van der Waals surface area contributed by atoms with Crippen molar-refractivity contribution in [2.24, 2.45) is 0 Å². The van der Waals surface area contributed by atoms with Crippen LogP contribution < -0.4 is 5.32 Å².